The first-order valence-corrected chi connectivity index (χ1v) is 13.1. The third-order valence-corrected chi connectivity index (χ3v) is 5.35. The van der Waals surface area contributed by atoms with Crippen LogP contribution in [0, 0.1) is 11.6 Å². The second-order valence-electron chi connectivity index (χ2n) is 8.24. The number of hydrogen-bond acceptors (Lipinski definition) is 5. The van der Waals surface area contributed by atoms with Gasteiger partial charge in [-0.05, 0) is 49.9 Å². The Morgan fingerprint density at radius 1 is 1.02 bits per heavy atom. The number of hydrogen-bond donors (Lipinski definition) is 0. The number of morpholine rings is 1. The molecule has 0 saturated carbocycles. The summed E-state index contributed by atoms with van der Waals surface area (Å²) in [6.45, 7) is 20.5. The highest BCUT2D eigenvalue weighted by Crippen LogP contribution is 2.22. The molecule has 10 heteroatoms. The predicted molar refractivity (Wildman–Crippen MR) is 160 cm³/mol. The Morgan fingerprint density at radius 2 is 1.54 bits per heavy atom. The second-order valence-corrected chi connectivity index (χ2v) is 8.24. The largest absolute Gasteiger partial charge is 0.438 e. The molecular weight excluding hydrogens is 538 g/mol. The standard InChI is InChI=1S/C14H17NO2.C13H13F4NO.C2H5N.C2H6/c1-11(2)12-4-3-5-13(10-12)14(16)15-6-8-17-9-7-15;1-4-9-10(14)5-8(6-11(9)15)7(2)19-13(18-3)12(16)17;1-3-2;1-2/h3-5,10H,1,6-9H2,2H3;5-6,12H,2,4H2,1,3H3;1H2,2H3;1-2H3. The fourth-order valence-corrected chi connectivity index (χ4v) is 3.34. The van der Waals surface area contributed by atoms with E-state index < -0.39 is 24.0 Å². The van der Waals surface area contributed by atoms with Gasteiger partial charge in [-0.15, -0.1) is 0 Å². The summed E-state index contributed by atoms with van der Waals surface area (Å²) < 4.78 is 61.8. The van der Waals surface area contributed by atoms with Crippen molar-refractivity contribution in [3.8, 4) is 0 Å². The maximum absolute atomic E-state index is 13.5. The van der Waals surface area contributed by atoms with Gasteiger partial charge in [0.05, 0.1) is 13.2 Å². The number of alkyl halides is 2. The number of nitrogens with zero attached hydrogens (tertiary/aromatic N) is 3. The van der Waals surface area contributed by atoms with Gasteiger partial charge in [0.1, 0.15) is 17.4 Å². The molecular formula is C31H41F4N3O3. The van der Waals surface area contributed by atoms with Crippen molar-refractivity contribution in [2.24, 2.45) is 9.98 Å². The molecule has 1 fully saturated rings. The molecule has 1 heterocycles. The van der Waals surface area contributed by atoms with Crippen LogP contribution in [0.3, 0.4) is 0 Å². The van der Waals surface area contributed by atoms with Gasteiger partial charge in [-0.25, -0.2) is 8.78 Å². The van der Waals surface area contributed by atoms with E-state index in [1.165, 1.54) is 0 Å². The van der Waals surface area contributed by atoms with Crippen LogP contribution in [0.25, 0.3) is 11.3 Å². The lowest BCUT2D eigenvalue weighted by Crippen LogP contribution is -2.40. The Balaban J connectivity index is 0.000000677. The first-order valence-electron chi connectivity index (χ1n) is 13.1. The SMILES string of the molecule is C=C(C)c1cccc(C(=O)N2CCOCC2)c1.C=C(OC(=NC)C(F)F)c1cc(F)c(CC)c(F)c1.C=NC.CC. The molecule has 1 aliphatic heterocycles. The van der Waals surface area contributed by atoms with Gasteiger partial charge in [0.25, 0.3) is 11.8 Å². The summed E-state index contributed by atoms with van der Waals surface area (Å²) >= 11 is 0. The number of allylic oxidation sites excluding steroid dienone is 1. The number of rotatable bonds is 6. The summed E-state index contributed by atoms with van der Waals surface area (Å²) in [6, 6.07) is 9.60. The van der Waals surface area contributed by atoms with Crippen LogP contribution in [0.1, 0.15) is 54.7 Å². The van der Waals surface area contributed by atoms with Gasteiger partial charge in [-0.2, -0.15) is 8.78 Å². The number of benzene rings is 2. The molecule has 0 N–H and O–H groups in total. The van der Waals surface area contributed by atoms with E-state index in [1.807, 2.05) is 49.9 Å². The highest BCUT2D eigenvalue weighted by Gasteiger charge is 2.19. The molecule has 1 saturated heterocycles. The van der Waals surface area contributed by atoms with Crippen molar-refractivity contribution in [3.05, 3.63) is 83.4 Å². The predicted octanol–water partition coefficient (Wildman–Crippen LogP) is 7.34. The van der Waals surface area contributed by atoms with E-state index in [2.05, 4.69) is 29.9 Å². The molecule has 0 aliphatic carbocycles. The number of carbonyl (C=O) groups is 1. The Morgan fingerprint density at radius 3 is 1.98 bits per heavy atom. The lowest BCUT2D eigenvalue weighted by Gasteiger charge is -2.27. The Labute approximate surface area is 241 Å². The van der Waals surface area contributed by atoms with E-state index in [9.17, 15) is 22.4 Å². The summed E-state index contributed by atoms with van der Waals surface area (Å²) in [4.78, 5) is 20.5. The molecule has 0 aromatic heterocycles. The normalized spacial score (nSPS) is 12.5. The number of ether oxygens (including phenoxy) is 2. The minimum Gasteiger partial charge on any atom is -0.438 e. The van der Waals surface area contributed by atoms with E-state index in [0.29, 0.717) is 26.3 Å². The average Bonchev–Trinajstić information content (AvgIpc) is 2.97. The first kappa shape index (κ1) is 37.2. The summed E-state index contributed by atoms with van der Waals surface area (Å²) in [7, 11) is 2.76. The lowest BCUT2D eigenvalue weighted by molar-refractivity contribution is 0.0303. The van der Waals surface area contributed by atoms with Crippen LogP contribution < -0.4 is 0 Å². The molecule has 3 rings (SSSR count). The maximum Gasteiger partial charge on any atom is 0.312 e. The molecule has 6 nitrogen and oxygen atoms in total. The van der Waals surface area contributed by atoms with Crippen molar-refractivity contribution >= 4 is 29.9 Å². The average molecular weight is 580 g/mol. The van der Waals surface area contributed by atoms with Gasteiger partial charge in [0, 0.05) is 43.9 Å². The van der Waals surface area contributed by atoms with Crippen LogP contribution in [0.2, 0.25) is 0 Å². The third-order valence-electron chi connectivity index (χ3n) is 5.35. The zero-order chi connectivity index (χ0) is 31.5. The number of halogens is 4. The van der Waals surface area contributed by atoms with E-state index in [-0.39, 0.29) is 29.2 Å². The van der Waals surface area contributed by atoms with Gasteiger partial charge in [-0.1, -0.05) is 51.6 Å². The molecule has 226 valence electrons. The highest BCUT2D eigenvalue weighted by molar-refractivity contribution is 5.95. The van der Waals surface area contributed by atoms with E-state index in [4.69, 9.17) is 9.47 Å². The van der Waals surface area contributed by atoms with Crippen molar-refractivity contribution in [2.45, 2.75) is 40.5 Å². The Bertz CT molecular complexity index is 1150. The highest BCUT2D eigenvalue weighted by atomic mass is 19.3. The zero-order valence-electron chi connectivity index (χ0n) is 24.8. The third kappa shape index (κ3) is 12.5. The zero-order valence-corrected chi connectivity index (χ0v) is 24.8. The van der Waals surface area contributed by atoms with Crippen LogP contribution in [0.5, 0.6) is 0 Å². The molecule has 0 spiro atoms. The molecule has 0 atom stereocenters. The van der Waals surface area contributed by atoms with Gasteiger partial charge in [0.15, 0.2) is 0 Å². The Kier molecular flexibility index (Phi) is 18.3. The van der Waals surface area contributed by atoms with Crippen LogP contribution in [-0.4, -0.2) is 70.2 Å². The smallest absolute Gasteiger partial charge is 0.312 e. The fraction of sp³-hybridized carbons (Fsp3) is 0.387. The molecule has 1 amide bonds. The first-order chi connectivity index (χ1) is 19.5. The molecule has 41 heavy (non-hydrogen) atoms. The quantitative estimate of drug-likeness (QED) is 0.156. The van der Waals surface area contributed by atoms with Crippen molar-refractivity contribution in [2.75, 3.05) is 40.4 Å². The van der Waals surface area contributed by atoms with Gasteiger partial charge >= 0.3 is 6.43 Å². The fourth-order valence-electron chi connectivity index (χ4n) is 3.34. The van der Waals surface area contributed by atoms with E-state index >= 15 is 0 Å². The number of aliphatic imine (C=N–C) groups is 2. The molecule has 0 unspecified atom stereocenters. The van der Waals surface area contributed by atoms with Crippen LogP contribution in [0.4, 0.5) is 17.6 Å². The summed E-state index contributed by atoms with van der Waals surface area (Å²) in [5.41, 5.74) is 2.60. The van der Waals surface area contributed by atoms with Gasteiger partial charge in [0.2, 0.25) is 0 Å². The van der Waals surface area contributed by atoms with Crippen molar-refractivity contribution in [3.63, 3.8) is 0 Å². The summed E-state index contributed by atoms with van der Waals surface area (Å²) in [5.74, 6) is -2.60. The van der Waals surface area contributed by atoms with Crippen molar-refractivity contribution in [1.29, 1.82) is 0 Å². The summed E-state index contributed by atoms with van der Waals surface area (Å²) in [5, 5.41) is 0. The summed E-state index contributed by atoms with van der Waals surface area (Å²) in [6.07, 6.45) is -2.74. The molecule has 2 aromatic rings. The maximum atomic E-state index is 13.5. The van der Waals surface area contributed by atoms with Crippen LogP contribution in [0.15, 0.2) is 59.5 Å². The van der Waals surface area contributed by atoms with Gasteiger partial charge in [-0.3, -0.25) is 9.79 Å². The lowest BCUT2D eigenvalue weighted by atomic mass is 10.0. The second kappa shape index (κ2) is 20.1. The Hall–Kier alpha value is -3.79. The topological polar surface area (TPSA) is 63.5 Å². The molecule has 1 aliphatic rings. The molecule has 0 radical (unpaired) electrons. The van der Waals surface area contributed by atoms with E-state index in [0.717, 1.165) is 35.9 Å². The van der Waals surface area contributed by atoms with Gasteiger partial charge < -0.3 is 19.4 Å². The van der Waals surface area contributed by atoms with Crippen LogP contribution in [-0.2, 0) is 15.9 Å². The van der Waals surface area contributed by atoms with Crippen molar-refractivity contribution < 1.29 is 31.8 Å². The molecule has 0 bridgehead atoms. The number of carbonyl (C=O) groups excluding carboxylic acids is 1. The minimum absolute atomic E-state index is 0.0472. The molecule has 2 aromatic carbocycles. The van der Waals surface area contributed by atoms with E-state index in [1.54, 1.807) is 14.0 Å². The minimum atomic E-state index is -2.92. The number of amides is 1. The van der Waals surface area contributed by atoms with Crippen LogP contribution >= 0.6 is 0 Å². The monoisotopic (exact) mass is 579 g/mol. The van der Waals surface area contributed by atoms with Crippen molar-refractivity contribution in [1.82, 2.24) is 4.90 Å².